The van der Waals surface area contributed by atoms with Crippen molar-refractivity contribution in [1.82, 2.24) is 9.55 Å². The molecule has 2 rings (SSSR count). The number of aromatic amines is 1. The molecule has 22 heavy (non-hydrogen) atoms. The maximum Gasteiger partial charge on any atom is 0.330 e. The van der Waals surface area contributed by atoms with Gasteiger partial charge >= 0.3 is 5.69 Å². The molecule has 0 aliphatic carbocycles. The topological polar surface area (TPSA) is 105 Å². The first-order valence-electron chi connectivity index (χ1n) is 6.06. The predicted octanol–water partition coefficient (Wildman–Crippen LogP) is -0.508. The molecule has 1 aliphatic heterocycles. The van der Waals surface area contributed by atoms with Crippen LogP contribution in [0.5, 0.6) is 0 Å². The summed E-state index contributed by atoms with van der Waals surface area (Å²) < 4.78 is 19.4. The second-order valence-electron chi connectivity index (χ2n) is 4.77. The largest absolute Gasteiger partial charge is 0.391 e. The second kappa shape index (κ2) is 6.02. The molecule has 3 N–H and O–H groups in total. The first kappa shape index (κ1) is 17.0. The molecule has 0 bridgehead atoms. The number of hydrogen-bond donors (Lipinski definition) is 3. The van der Waals surface area contributed by atoms with Gasteiger partial charge in [-0.05, 0) is 18.5 Å². The lowest BCUT2D eigenvalue weighted by atomic mass is 9.97. The van der Waals surface area contributed by atoms with Gasteiger partial charge in [-0.3, -0.25) is 14.3 Å². The molecule has 1 saturated heterocycles. The van der Waals surface area contributed by atoms with Crippen LogP contribution in [-0.2, 0) is 4.74 Å². The average molecular weight is 353 g/mol. The Bertz CT molecular complexity index is 752. The molecule has 7 nitrogen and oxygen atoms in total. The van der Waals surface area contributed by atoms with Gasteiger partial charge in [0.25, 0.3) is 5.56 Å². The van der Waals surface area contributed by atoms with Gasteiger partial charge in [-0.25, -0.2) is 4.79 Å². The first-order chi connectivity index (χ1) is 10.2. The number of aliphatic hydroxyl groups excluding tert-OH is 2. The number of ether oxygens (including phenoxy) is 1. The molecule has 10 heteroatoms. The van der Waals surface area contributed by atoms with Crippen LogP contribution in [0, 0.1) is 17.1 Å². The van der Waals surface area contributed by atoms with Crippen LogP contribution in [0.3, 0.4) is 0 Å². The number of nitrogens with zero attached hydrogens (tertiary/aromatic N) is 1. The van der Waals surface area contributed by atoms with Crippen LogP contribution in [0.4, 0.5) is 4.39 Å². The molecule has 0 aromatic carbocycles. The standard InChI is InChI=1S/C12H11Cl2FN2O5/c1-5(18)7-8(19)12(14,2-3-13)10(22-7)17-4-6(15)9(20)16-11(17)21/h4-5,7-8,10,18-19H,1H3,(H,16,20,21)/t5-,7-,8?,10-,12-/m1/s1. The number of H-pyrrole nitrogens is 1. The zero-order valence-electron chi connectivity index (χ0n) is 11.1. The van der Waals surface area contributed by atoms with E-state index in [-0.39, 0.29) is 0 Å². The minimum atomic E-state index is -1.92. The van der Waals surface area contributed by atoms with E-state index in [1.54, 1.807) is 4.98 Å². The van der Waals surface area contributed by atoms with Crippen LogP contribution in [0.2, 0.25) is 0 Å². The Morgan fingerprint density at radius 3 is 2.77 bits per heavy atom. The van der Waals surface area contributed by atoms with E-state index in [1.165, 1.54) is 6.92 Å². The molecule has 1 unspecified atom stereocenters. The quantitative estimate of drug-likeness (QED) is 0.491. The second-order valence-corrected chi connectivity index (χ2v) is 5.58. The van der Waals surface area contributed by atoms with Crippen molar-refractivity contribution in [2.75, 3.05) is 0 Å². The van der Waals surface area contributed by atoms with Crippen molar-refractivity contribution in [1.29, 1.82) is 0 Å². The Morgan fingerprint density at radius 1 is 1.59 bits per heavy atom. The fraction of sp³-hybridized carbons (Fsp3) is 0.500. The summed E-state index contributed by atoms with van der Waals surface area (Å²) in [6.45, 7) is 1.33. The molecular formula is C12H11Cl2FN2O5. The molecule has 1 aromatic heterocycles. The normalized spacial score (nSPS) is 32.4. The van der Waals surface area contributed by atoms with E-state index in [4.69, 9.17) is 27.9 Å². The molecule has 2 heterocycles. The summed E-state index contributed by atoms with van der Waals surface area (Å²) in [4.78, 5) is 22.7. The highest BCUT2D eigenvalue weighted by Gasteiger charge is 2.57. The van der Waals surface area contributed by atoms with Crippen LogP contribution >= 0.6 is 23.2 Å². The van der Waals surface area contributed by atoms with E-state index in [0.29, 0.717) is 10.8 Å². The molecule has 5 atom stereocenters. The monoisotopic (exact) mass is 352 g/mol. The Hall–Kier alpha value is -1.37. The third-order valence-corrected chi connectivity index (χ3v) is 3.88. The Labute approximate surface area is 133 Å². The van der Waals surface area contributed by atoms with E-state index in [1.807, 2.05) is 5.38 Å². The van der Waals surface area contributed by atoms with E-state index < -0.39 is 46.5 Å². The predicted molar refractivity (Wildman–Crippen MR) is 75.1 cm³/mol. The molecular weight excluding hydrogens is 342 g/mol. The van der Waals surface area contributed by atoms with Gasteiger partial charge in [-0.1, -0.05) is 17.5 Å². The van der Waals surface area contributed by atoms with Gasteiger partial charge in [-0.2, -0.15) is 4.39 Å². The van der Waals surface area contributed by atoms with Crippen LogP contribution < -0.4 is 11.2 Å². The van der Waals surface area contributed by atoms with Crippen LogP contribution in [0.1, 0.15) is 13.2 Å². The summed E-state index contributed by atoms with van der Waals surface area (Å²) in [6, 6.07) is 0. The number of aliphatic hydroxyl groups is 2. The Balaban J connectivity index is 2.61. The van der Waals surface area contributed by atoms with E-state index >= 15 is 0 Å². The van der Waals surface area contributed by atoms with E-state index in [9.17, 15) is 24.2 Å². The fourth-order valence-electron chi connectivity index (χ4n) is 2.20. The molecule has 0 amide bonds. The zero-order chi connectivity index (χ0) is 16.7. The highest BCUT2D eigenvalue weighted by molar-refractivity contribution is 6.32. The minimum Gasteiger partial charge on any atom is -0.391 e. The summed E-state index contributed by atoms with van der Waals surface area (Å²) in [6.07, 6.45) is -4.77. The van der Waals surface area contributed by atoms with E-state index in [0.717, 1.165) is 0 Å². The van der Waals surface area contributed by atoms with Crippen molar-refractivity contribution in [3.05, 3.63) is 32.9 Å². The lowest BCUT2D eigenvalue weighted by molar-refractivity contribution is -0.0775. The summed E-state index contributed by atoms with van der Waals surface area (Å²) in [5, 5.41) is 21.8. The molecule has 0 radical (unpaired) electrons. The van der Waals surface area contributed by atoms with Crippen molar-refractivity contribution >= 4 is 23.2 Å². The van der Waals surface area contributed by atoms with Gasteiger partial charge in [-0.15, -0.1) is 0 Å². The van der Waals surface area contributed by atoms with Gasteiger partial charge in [0.15, 0.2) is 11.1 Å². The third kappa shape index (κ3) is 2.66. The first-order valence-corrected chi connectivity index (χ1v) is 6.82. The third-order valence-electron chi connectivity index (χ3n) is 3.28. The van der Waals surface area contributed by atoms with Crippen molar-refractivity contribution in [2.45, 2.75) is 36.3 Å². The van der Waals surface area contributed by atoms with Crippen molar-refractivity contribution in [3.63, 3.8) is 0 Å². The van der Waals surface area contributed by atoms with Gasteiger partial charge in [0.2, 0.25) is 5.82 Å². The smallest absolute Gasteiger partial charge is 0.330 e. The molecule has 0 spiro atoms. The van der Waals surface area contributed by atoms with E-state index in [2.05, 4.69) is 5.92 Å². The zero-order valence-corrected chi connectivity index (χ0v) is 12.6. The minimum absolute atomic E-state index is 0.579. The van der Waals surface area contributed by atoms with Crippen molar-refractivity contribution in [3.8, 4) is 11.3 Å². The maximum atomic E-state index is 13.4. The van der Waals surface area contributed by atoms with Gasteiger partial charge < -0.3 is 14.9 Å². The Kier molecular flexibility index (Phi) is 4.65. The summed E-state index contributed by atoms with van der Waals surface area (Å²) in [5.41, 5.74) is -2.23. The average Bonchev–Trinajstić information content (AvgIpc) is 2.68. The number of halogens is 3. The van der Waals surface area contributed by atoms with Gasteiger partial charge in [0.05, 0.1) is 12.3 Å². The molecule has 0 saturated carbocycles. The highest BCUT2D eigenvalue weighted by Crippen LogP contribution is 2.43. The summed E-state index contributed by atoms with van der Waals surface area (Å²) in [5.74, 6) is 1.03. The lowest BCUT2D eigenvalue weighted by Gasteiger charge is -2.25. The SMILES string of the molecule is C[C@@H](O)[C@H]1O[C@@H](n2cc(F)c(=O)[nH]c2=O)[C@@](Cl)(C#CCl)C1O. The number of aromatic nitrogens is 2. The maximum absolute atomic E-state index is 13.4. The van der Waals surface area contributed by atoms with Gasteiger partial charge in [0.1, 0.15) is 12.2 Å². The van der Waals surface area contributed by atoms with Gasteiger partial charge in [0, 0.05) is 5.38 Å². The molecule has 1 fully saturated rings. The molecule has 120 valence electrons. The van der Waals surface area contributed by atoms with Crippen molar-refractivity contribution < 1.29 is 19.3 Å². The van der Waals surface area contributed by atoms with Crippen LogP contribution in [0.25, 0.3) is 0 Å². The molecule has 1 aromatic rings. The number of rotatable bonds is 2. The molecule has 1 aliphatic rings. The van der Waals surface area contributed by atoms with Crippen LogP contribution in [0.15, 0.2) is 15.8 Å². The van der Waals surface area contributed by atoms with Crippen LogP contribution in [-0.4, -0.2) is 43.0 Å². The number of alkyl halides is 1. The van der Waals surface area contributed by atoms with Crippen molar-refractivity contribution in [2.24, 2.45) is 0 Å². The highest BCUT2D eigenvalue weighted by atomic mass is 35.5. The number of hydrogen-bond acceptors (Lipinski definition) is 5. The Morgan fingerprint density at radius 2 is 2.23 bits per heavy atom. The fourth-order valence-corrected chi connectivity index (χ4v) is 2.73. The summed E-state index contributed by atoms with van der Waals surface area (Å²) in [7, 11) is 0. The summed E-state index contributed by atoms with van der Waals surface area (Å²) >= 11 is 11.5. The number of nitrogens with one attached hydrogen (secondary N) is 1. The lowest BCUT2D eigenvalue weighted by Crippen LogP contribution is -2.45.